The molecular weight excluding hydrogens is 428 g/mol. The molecule has 0 spiro atoms. The summed E-state index contributed by atoms with van der Waals surface area (Å²) < 4.78 is 3.22. The Morgan fingerprint density at radius 2 is 2.09 bits per heavy atom. The van der Waals surface area contributed by atoms with Crippen molar-refractivity contribution in [2.24, 2.45) is 0 Å². The Morgan fingerprint density at radius 3 is 2.82 bits per heavy atom. The fourth-order valence-corrected chi connectivity index (χ4v) is 3.71. The van der Waals surface area contributed by atoms with Gasteiger partial charge in [0, 0.05) is 17.2 Å². The molecule has 1 aliphatic carbocycles. The third-order valence-electron chi connectivity index (χ3n) is 5.53. The van der Waals surface area contributed by atoms with E-state index >= 15 is 0 Å². The highest BCUT2D eigenvalue weighted by Gasteiger charge is 2.26. The van der Waals surface area contributed by atoms with Crippen LogP contribution in [0.1, 0.15) is 35.2 Å². The van der Waals surface area contributed by atoms with Crippen molar-refractivity contribution in [2.45, 2.75) is 25.3 Å². The third-order valence-corrected chi connectivity index (χ3v) is 5.53. The fourth-order valence-electron chi connectivity index (χ4n) is 3.71. The number of nitrogens with one attached hydrogen (secondary N) is 2. The lowest BCUT2D eigenvalue weighted by molar-refractivity contribution is -0.124. The lowest BCUT2D eigenvalue weighted by Crippen LogP contribution is -2.19. The molecule has 2 aliphatic rings. The minimum Gasteiger partial charge on any atom is -0.478 e. The number of fused-ring (bicyclic) bond motifs is 2. The van der Waals surface area contributed by atoms with E-state index in [9.17, 15) is 19.5 Å². The third kappa shape index (κ3) is 3.28. The van der Waals surface area contributed by atoms with E-state index < -0.39 is 11.9 Å². The van der Waals surface area contributed by atoms with E-state index in [1.807, 2.05) is 0 Å². The number of nitrogens with zero attached hydrogens (tertiary/aromatic N) is 6. The van der Waals surface area contributed by atoms with Crippen LogP contribution in [0.4, 0.5) is 5.95 Å². The molecule has 0 radical (unpaired) electrons. The van der Waals surface area contributed by atoms with Crippen molar-refractivity contribution in [1.82, 2.24) is 34.4 Å². The van der Waals surface area contributed by atoms with E-state index in [0.717, 1.165) is 12.8 Å². The van der Waals surface area contributed by atoms with Gasteiger partial charge in [-0.2, -0.15) is 19.6 Å². The normalized spacial score (nSPS) is 17.3. The van der Waals surface area contributed by atoms with Crippen molar-refractivity contribution in [3.63, 3.8) is 0 Å². The van der Waals surface area contributed by atoms with E-state index in [1.165, 1.54) is 18.5 Å². The van der Waals surface area contributed by atoms with E-state index in [2.05, 4.69) is 30.7 Å². The average molecular weight is 444 g/mol. The zero-order chi connectivity index (χ0) is 22.7. The van der Waals surface area contributed by atoms with Crippen molar-refractivity contribution >= 4 is 46.5 Å². The van der Waals surface area contributed by atoms with Gasteiger partial charge in [-0.05, 0) is 37.1 Å². The Bertz CT molecular complexity index is 1530. The minimum absolute atomic E-state index is 0.000631. The van der Waals surface area contributed by atoms with Crippen LogP contribution in [-0.2, 0) is 9.59 Å². The van der Waals surface area contributed by atoms with Crippen molar-refractivity contribution in [1.29, 1.82) is 0 Å². The van der Waals surface area contributed by atoms with E-state index in [0.29, 0.717) is 39.7 Å². The first-order chi connectivity index (χ1) is 16.0. The Hall–Kier alpha value is -4.61. The van der Waals surface area contributed by atoms with Gasteiger partial charge in [-0.3, -0.25) is 19.5 Å². The van der Waals surface area contributed by atoms with Crippen LogP contribution in [0.3, 0.4) is 0 Å². The summed E-state index contributed by atoms with van der Waals surface area (Å²) >= 11 is 0. The number of carbonyl (C=O) groups is 3. The van der Waals surface area contributed by atoms with Crippen molar-refractivity contribution in [2.75, 3.05) is 5.32 Å². The van der Waals surface area contributed by atoms with Gasteiger partial charge in [0.15, 0.2) is 5.65 Å². The SMILES string of the molecule is O=C1C/C(=C\c2cnn3c(NC4CC4)nc(-n4cnc5cc(C(=O)O)ccc54)nc23)C(=O)N1. The maximum Gasteiger partial charge on any atom is 0.335 e. The number of carbonyl (C=O) groups excluding carboxylic acids is 2. The summed E-state index contributed by atoms with van der Waals surface area (Å²) in [6.45, 7) is 0. The highest BCUT2D eigenvalue weighted by atomic mass is 16.4. The van der Waals surface area contributed by atoms with Crippen LogP contribution in [0.15, 0.2) is 36.3 Å². The molecule has 1 aliphatic heterocycles. The molecule has 3 aromatic heterocycles. The highest BCUT2D eigenvalue weighted by molar-refractivity contribution is 6.15. The highest BCUT2D eigenvalue weighted by Crippen LogP contribution is 2.27. The smallest absolute Gasteiger partial charge is 0.335 e. The summed E-state index contributed by atoms with van der Waals surface area (Å²) in [4.78, 5) is 48.5. The topological polar surface area (TPSA) is 156 Å². The van der Waals surface area contributed by atoms with Gasteiger partial charge in [0.2, 0.25) is 17.8 Å². The molecule has 0 bridgehead atoms. The first kappa shape index (κ1) is 19.1. The second kappa shape index (κ2) is 6.95. The molecular formula is C21H16N8O4. The molecule has 1 aromatic carbocycles. The first-order valence-electron chi connectivity index (χ1n) is 10.2. The molecule has 12 heteroatoms. The number of rotatable bonds is 5. The van der Waals surface area contributed by atoms with Crippen LogP contribution in [0, 0.1) is 0 Å². The predicted octanol–water partition coefficient (Wildman–Crippen LogP) is 1.17. The number of imide groups is 1. The van der Waals surface area contributed by atoms with Crippen LogP contribution < -0.4 is 10.6 Å². The van der Waals surface area contributed by atoms with E-state index in [-0.39, 0.29) is 23.9 Å². The van der Waals surface area contributed by atoms with Gasteiger partial charge in [-0.15, -0.1) is 0 Å². The van der Waals surface area contributed by atoms with Gasteiger partial charge < -0.3 is 10.4 Å². The summed E-state index contributed by atoms with van der Waals surface area (Å²) in [6, 6.07) is 4.93. The quantitative estimate of drug-likeness (QED) is 0.304. The van der Waals surface area contributed by atoms with Gasteiger partial charge in [-0.25, -0.2) is 9.78 Å². The maximum absolute atomic E-state index is 12.0. The maximum atomic E-state index is 12.0. The number of amides is 2. The Morgan fingerprint density at radius 1 is 1.24 bits per heavy atom. The summed E-state index contributed by atoms with van der Waals surface area (Å²) in [7, 11) is 0. The molecule has 33 heavy (non-hydrogen) atoms. The second-order valence-corrected chi connectivity index (χ2v) is 7.95. The number of hydrogen-bond donors (Lipinski definition) is 3. The molecule has 0 atom stereocenters. The van der Waals surface area contributed by atoms with Gasteiger partial charge in [-0.1, -0.05) is 0 Å². The molecule has 4 aromatic rings. The Balaban J connectivity index is 1.51. The van der Waals surface area contributed by atoms with Gasteiger partial charge >= 0.3 is 5.97 Å². The lowest BCUT2D eigenvalue weighted by Gasteiger charge is -2.10. The van der Waals surface area contributed by atoms with E-state index in [1.54, 1.807) is 27.4 Å². The number of hydrogen-bond acceptors (Lipinski definition) is 8. The zero-order valence-corrected chi connectivity index (χ0v) is 17.0. The standard InChI is InChI=1S/C21H16N8O4/c30-16-7-11(18(31)25-16)5-12-8-23-29-17(12)26-20(27-21(29)24-13-2-3-13)28-9-22-14-6-10(19(32)33)1-4-15(14)28/h1,4-6,8-9,13H,2-3,7H2,(H,32,33)(H,24,26,27)(H,25,30,31)/b11-5+. The summed E-state index contributed by atoms with van der Waals surface area (Å²) in [5.74, 6) is -1.02. The Labute approximate surface area is 185 Å². The molecule has 1 saturated carbocycles. The van der Waals surface area contributed by atoms with Crippen molar-refractivity contribution in [3.8, 4) is 5.95 Å². The summed E-state index contributed by atoms with van der Waals surface area (Å²) in [5, 5.41) is 19.2. The van der Waals surface area contributed by atoms with Crippen LogP contribution in [0.5, 0.6) is 0 Å². The van der Waals surface area contributed by atoms with Crippen LogP contribution >= 0.6 is 0 Å². The van der Waals surface area contributed by atoms with Crippen LogP contribution in [0.25, 0.3) is 28.7 Å². The lowest BCUT2D eigenvalue weighted by atomic mass is 10.1. The van der Waals surface area contributed by atoms with Gasteiger partial charge in [0.25, 0.3) is 5.91 Å². The zero-order valence-electron chi connectivity index (χ0n) is 17.0. The number of aromatic nitrogens is 6. The van der Waals surface area contributed by atoms with Crippen molar-refractivity contribution in [3.05, 3.63) is 47.4 Å². The van der Waals surface area contributed by atoms with Gasteiger partial charge in [0.1, 0.15) is 6.33 Å². The number of benzene rings is 1. The fraction of sp³-hybridized carbons (Fsp3) is 0.190. The van der Waals surface area contributed by atoms with Crippen LogP contribution in [0.2, 0.25) is 0 Å². The summed E-state index contributed by atoms with van der Waals surface area (Å²) in [6.07, 6.45) is 6.74. The van der Waals surface area contributed by atoms with Crippen molar-refractivity contribution < 1.29 is 19.5 Å². The number of imidazole rings is 1. The number of carboxylic acids is 1. The molecule has 1 saturated heterocycles. The largest absolute Gasteiger partial charge is 0.478 e. The van der Waals surface area contributed by atoms with Gasteiger partial charge in [0.05, 0.1) is 29.2 Å². The molecule has 6 rings (SSSR count). The molecule has 2 fully saturated rings. The van der Waals surface area contributed by atoms with Crippen LogP contribution in [-0.4, -0.2) is 58.1 Å². The first-order valence-corrected chi connectivity index (χ1v) is 10.2. The average Bonchev–Trinajstić information content (AvgIpc) is 3.21. The number of anilines is 1. The molecule has 3 N–H and O–H groups in total. The number of carboxylic acid groups (broad SMARTS) is 1. The second-order valence-electron chi connectivity index (χ2n) is 7.95. The molecule has 164 valence electrons. The molecule has 2 amide bonds. The minimum atomic E-state index is -1.04. The number of aromatic carboxylic acids is 1. The van der Waals surface area contributed by atoms with E-state index in [4.69, 9.17) is 0 Å². The predicted molar refractivity (Wildman–Crippen MR) is 115 cm³/mol. The molecule has 0 unspecified atom stereocenters. The molecule has 4 heterocycles. The monoisotopic (exact) mass is 444 g/mol. The molecule has 12 nitrogen and oxygen atoms in total. The summed E-state index contributed by atoms with van der Waals surface area (Å²) in [5.41, 5.74) is 2.62. The Kier molecular flexibility index (Phi) is 4.02.